The van der Waals surface area contributed by atoms with E-state index in [4.69, 9.17) is 4.74 Å². The minimum Gasteiger partial charge on any atom is -0.458 e. The van der Waals surface area contributed by atoms with Gasteiger partial charge >= 0.3 is 0 Å². The molecule has 0 spiro atoms. The fraction of sp³-hybridized carbons (Fsp3) is 0. The minimum absolute atomic E-state index is 0.149. The van der Waals surface area contributed by atoms with Crippen molar-refractivity contribution in [1.82, 2.24) is 0 Å². The van der Waals surface area contributed by atoms with Crippen molar-refractivity contribution in [2.24, 2.45) is 0 Å². The van der Waals surface area contributed by atoms with E-state index in [1.807, 2.05) is 23.5 Å². The Morgan fingerprint density at radius 1 is 0.568 bits per heavy atom. The molecule has 1 nitrogen and oxygen atoms in total. The number of ether oxygens (including phenoxy) is 1. The van der Waals surface area contributed by atoms with Crippen molar-refractivity contribution in [2.45, 2.75) is 0 Å². The molecule has 3 heteroatoms. The number of hydrogen-bond donors (Lipinski definition) is 0. The third-order valence-corrected chi connectivity index (χ3v) is 8.81. The lowest BCUT2D eigenvalue weighted by molar-refractivity contribution is 0.487. The van der Waals surface area contributed by atoms with Gasteiger partial charge in [-0.05, 0) is 51.5 Å². The number of thiophene rings is 1. The molecule has 8 rings (SSSR count). The Labute approximate surface area is 219 Å². The maximum absolute atomic E-state index is 6.24. The predicted octanol–water partition coefficient (Wildman–Crippen LogP) is 7.50. The van der Waals surface area contributed by atoms with Crippen molar-refractivity contribution >= 4 is 65.4 Å². The molecule has 0 atom stereocenters. The molecule has 0 saturated heterocycles. The standard InChI is InChI=1S/C34H21BOS/c1-2-10-25-23(9-1)21-27(34-33(25)26-11-3-8-16-32(26)37-34)22-17-19-24(20-18-22)35-28-12-4-6-14-30(28)36-31-15-7-5-13-29(31)35/h1-21H. The monoisotopic (exact) mass is 488 g/mol. The summed E-state index contributed by atoms with van der Waals surface area (Å²) < 4.78 is 8.93. The summed E-state index contributed by atoms with van der Waals surface area (Å²) in [5, 5.41) is 5.31. The molecule has 1 aromatic heterocycles. The summed E-state index contributed by atoms with van der Waals surface area (Å²) in [4.78, 5) is 0. The fourth-order valence-corrected chi connectivity index (χ4v) is 7.17. The van der Waals surface area contributed by atoms with E-state index in [2.05, 4.69) is 115 Å². The van der Waals surface area contributed by atoms with Gasteiger partial charge in [0.15, 0.2) is 0 Å². The molecule has 6 aromatic carbocycles. The average molecular weight is 488 g/mol. The molecular formula is C34H21BOS. The van der Waals surface area contributed by atoms with Crippen LogP contribution >= 0.6 is 11.3 Å². The number of hydrogen-bond acceptors (Lipinski definition) is 2. The topological polar surface area (TPSA) is 9.23 Å². The smallest absolute Gasteiger partial charge is 0.250 e. The summed E-state index contributed by atoms with van der Waals surface area (Å²) in [5.74, 6) is 1.88. The minimum atomic E-state index is 0.149. The molecule has 0 saturated carbocycles. The Kier molecular flexibility index (Phi) is 4.55. The van der Waals surface area contributed by atoms with Crippen LogP contribution in [0.25, 0.3) is 42.1 Å². The lowest BCUT2D eigenvalue weighted by Gasteiger charge is -2.26. The van der Waals surface area contributed by atoms with Crippen molar-refractivity contribution in [3.05, 3.63) is 127 Å². The first-order valence-corrected chi connectivity index (χ1v) is 13.5. The second kappa shape index (κ2) is 8.09. The van der Waals surface area contributed by atoms with Crippen molar-refractivity contribution in [2.75, 3.05) is 0 Å². The van der Waals surface area contributed by atoms with Crippen LogP contribution in [0.4, 0.5) is 0 Å². The molecule has 1 aliphatic rings. The number of benzene rings is 6. The molecule has 0 aliphatic carbocycles. The second-order valence-electron chi connectivity index (χ2n) is 9.68. The Morgan fingerprint density at radius 2 is 1.19 bits per heavy atom. The van der Waals surface area contributed by atoms with Gasteiger partial charge in [0.1, 0.15) is 11.5 Å². The van der Waals surface area contributed by atoms with Gasteiger partial charge in [-0.15, -0.1) is 11.3 Å². The Morgan fingerprint density at radius 3 is 1.95 bits per heavy atom. The highest BCUT2D eigenvalue weighted by Crippen LogP contribution is 2.43. The lowest BCUT2D eigenvalue weighted by Crippen LogP contribution is -2.54. The number of para-hydroxylation sites is 2. The summed E-state index contributed by atoms with van der Waals surface area (Å²) in [6.07, 6.45) is 0. The van der Waals surface area contributed by atoms with Crippen molar-refractivity contribution in [3.63, 3.8) is 0 Å². The van der Waals surface area contributed by atoms with E-state index in [9.17, 15) is 0 Å². The van der Waals surface area contributed by atoms with Crippen LogP contribution in [0.1, 0.15) is 0 Å². The third-order valence-electron chi connectivity index (χ3n) is 7.61. The highest BCUT2D eigenvalue weighted by atomic mass is 32.1. The van der Waals surface area contributed by atoms with Crippen LogP contribution in [0.3, 0.4) is 0 Å². The normalized spacial score (nSPS) is 12.5. The summed E-state index contributed by atoms with van der Waals surface area (Å²) >= 11 is 1.90. The first-order chi connectivity index (χ1) is 18.3. The number of fused-ring (bicyclic) bond motifs is 7. The predicted molar refractivity (Wildman–Crippen MR) is 160 cm³/mol. The van der Waals surface area contributed by atoms with Crippen LogP contribution in [0.5, 0.6) is 11.5 Å². The van der Waals surface area contributed by atoms with E-state index in [0.29, 0.717) is 0 Å². The SMILES string of the molecule is c1ccc2c(c1)Oc1ccccc1B2c1ccc(-c2cc3ccccc3c3c2sc2ccccc23)cc1. The molecule has 2 heterocycles. The van der Waals surface area contributed by atoms with Gasteiger partial charge in [0, 0.05) is 25.7 Å². The zero-order chi connectivity index (χ0) is 24.3. The van der Waals surface area contributed by atoms with E-state index in [0.717, 1.165) is 11.5 Å². The van der Waals surface area contributed by atoms with Gasteiger partial charge < -0.3 is 4.74 Å². The molecule has 0 N–H and O–H groups in total. The highest BCUT2D eigenvalue weighted by Gasteiger charge is 2.31. The molecule has 0 unspecified atom stereocenters. The van der Waals surface area contributed by atoms with E-state index in [1.165, 1.54) is 58.5 Å². The maximum Gasteiger partial charge on any atom is 0.250 e. The first-order valence-electron chi connectivity index (χ1n) is 12.6. The van der Waals surface area contributed by atoms with Crippen molar-refractivity contribution < 1.29 is 4.74 Å². The van der Waals surface area contributed by atoms with Gasteiger partial charge in [0.2, 0.25) is 0 Å². The van der Waals surface area contributed by atoms with E-state index in [1.54, 1.807) is 0 Å². The molecule has 7 aromatic rings. The molecule has 0 radical (unpaired) electrons. The van der Waals surface area contributed by atoms with Gasteiger partial charge in [0.05, 0.1) is 0 Å². The Bertz CT molecular complexity index is 1920. The van der Waals surface area contributed by atoms with Crippen LogP contribution in [0.15, 0.2) is 127 Å². The van der Waals surface area contributed by atoms with Gasteiger partial charge in [0.25, 0.3) is 6.71 Å². The van der Waals surface area contributed by atoms with Crippen LogP contribution in [-0.4, -0.2) is 6.71 Å². The Hall–Kier alpha value is -4.34. The molecular weight excluding hydrogens is 467 g/mol. The first kappa shape index (κ1) is 20.8. The molecule has 0 amide bonds. The Balaban J connectivity index is 1.32. The summed E-state index contributed by atoms with van der Waals surface area (Å²) in [7, 11) is 0. The third kappa shape index (κ3) is 3.18. The van der Waals surface area contributed by atoms with E-state index >= 15 is 0 Å². The van der Waals surface area contributed by atoms with E-state index in [-0.39, 0.29) is 6.71 Å². The molecule has 1 aliphatic heterocycles. The van der Waals surface area contributed by atoms with Crippen molar-refractivity contribution in [3.8, 4) is 22.6 Å². The summed E-state index contributed by atoms with van der Waals surface area (Å²) in [6, 6.07) is 45.9. The quantitative estimate of drug-likeness (QED) is 0.229. The van der Waals surface area contributed by atoms with Gasteiger partial charge in [-0.2, -0.15) is 0 Å². The van der Waals surface area contributed by atoms with Crippen molar-refractivity contribution in [1.29, 1.82) is 0 Å². The molecule has 37 heavy (non-hydrogen) atoms. The zero-order valence-electron chi connectivity index (χ0n) is 20.0. The van der Waals surface area contributed by atoms with Crippen LogP contribution in [0, 0.1) is 0 Å². The summed E-state index contributed by atoms with van der Waals surface area (Å²) in [6.45, 7) is 0.149. The van der Waals surface area contributed by atoms with Crippen LogP contribution < -0.4 is 21.1 Å². The highest BCUT2D eigenvalue weighted by molar-refractivity contribution is 7.26. The van der Waals surface area contributed by atoms with Gasteiger partial charge in [-0.3, -0.25) is 0 Å². The average Bonchev–Trinajstić information content (AvgIpc) is 3.36. The van der Waals surface area contributed by atoms with Crippen LogP contribution in [0.2, 0.25) is 0 Å². The number of rotatable bonds is 2. The molecule has 172 valence electrons. The molecule has 0 bridgehead atoms. The van der Waals surface area contributed by atoms with Gasteiger partial charge in [-0.1, -0.05) is 109 Å². The zero-order valence-corrected chi connectivity index (χ0v) is 20.8. The van der Waals surface area contributed by atoms with Gasteiger partial charge in [-0.25, -0.2) is 0 Å². The van der Waals surface area contributed by atoms with E-state index < -0.39 is 0 Å². The molecule has 0 fully saturated rings. The lowest BCUT2D eigenvalue weighted by atomic mass is 9.36. The summed E-state index contributed by atoms with van der Waals surface area (Å²) in [5.41, 5.74) is 6.26. The van der Waals surface area contributed by atoms with Crippen LogP contribution in [-0.2, 0) is 0 Å². The second-order valence-corrected chi connectivity index (χ2v) is 10.7. The maximum atomic E-state index is 6.24. The fourth-order valence-electron chi connectivity index (χ4n) is 5.91. The largest absolute Gasteiger partial charge is 0.458 e.